The second kappa shape index (κ2) is 6.16. The van der Waals surface area contributed by atoms with Crippen LogP contribution in [0.15, 0.2) is 24.5 Å². The van der Waals surface area contributed by atoms with Crippen molar-refractivity contribution in [3.05, 3.63) is 35.9 Å². The third-order valence-corrected chi connectivity index (χ3v) is 4.57. The molecule has 1 saturated heterocycles. The van der Waals surface area contributed by atoms with E-state index in [4.69, 9.17) is 4.74 Å². The van der Waals surface area contributed by atoms with Crippen molar-refractivity contribution in [2.75, 3.05) is 13.2 Å². The lowest BCUT2D eigenvalue weighted by atomic mass is 10.2. The predicted octanol–water partition coefficient (Wildman–Crippen LogP) is 1.04. The summed E-state index contributed by atoms with van der Waals surface area (Å²) in [7, 11) is 0. The van der Waals surface area contributed by atoms with Crippen molar-refractivity contribution < 1.29 is 9.53 Å². The highest BCUT2D eigenvalue weighted by molar-refractivity contribution is 5.81. The van der Waals surface area contributed by atoms with Crippen LogP contribution in [0.3, 0.4) is 0 Å². The first-order chi connectivity index (χ1) is 11.3. The molecule has 0 spiro atoms. The summed E-state index contributed by atoms with van der Waals surface area (Å²) >= 11 is 0. The summed E-state index contributed by atoms with van der Waals surface area (Å²) in [6.45, 7) is 3.52. The van der Waals surface area contributed by atoms with E-state index in [0.29, 0.717) is 19.7 Å². The van der Waals surface area contributed by atoms with Gasteiger partial charge in [-0.15, -0.1) is 5.10 Å². The van der Waals surface area contributed by atoms with Crippen molar-refractivity contribution in [3.8, 4) is 0 Å². The zero-order valence-corrected chi connectivity index (χ0v) is 13.1. The zero-order chi connectivity index (χ0) is 15.6. The average molecular weight is 315 g/mol. The van der Waals surface area contributed by atoms with Gasteiger partial charge in [0, 0.05) is 32.1 Å². The molecule has 2 aromatic heterocycles. The molecule has 4 rings (SSSR count). The lowest BCUT2D eigenvalue weighted by Crippen LogP contribution is -2.38. The molecule has 2 aliphatic rings. The maximum Gasteiger partial charge on any atom is 0.252 e. The Bertz CT molecular complexity index is 673. The molecule has 1 atom stereocenters. The van der Waals surface area contributed by atoms with E-state index in [-0.39, 0.29) is 12.0 Å². The van der Waals surface area contributed by atoms with Gasteiger partial charge in [0.05, 0.1) is 18.8 Å². The number of carbonyl (C=O) groups is 1. The fourth-order valence-corrected chi connectivity index (χ4v) is 3.33. The number of amides is 1. The topological polar surface area (TPSA) is 65.2 Å². The van der Waals surface area contributed by atoms with Crippen LogP contribution in [0.4, 0.5) is 0 Å². The van der Waals surface area contributed by atoms with Crippen molar-refractivity contribution >= 4 is 5.91 Å². The van der Waals surface area contributed by atoms with E-state index in [0.717, 1.165) is 43.7 Å². The Morgan fingerprint density at radius 1 is 1.26 bits per heavy atom. The molecule has 2 aliphatic heterocycles. The lowest BCUT2D eigenvalue weighted by molar-refractivity contribution is -0.141. The summed E-state index contributed by atoms with van der Waals surface area (Å²) in [5.74, 6) is 0.115. The van der Waals surface area contributed by atoms with Crippen LogP contribution >= 0.6 is 0 Å². The zero-order valence-electron chi connectivity index (χ0n) is 13.1. The Morgan fingerprint density at radius 2 is 2.13 bits per heavy atom. The van der Waals surface area contributed by atoms with Crippen LogP contribution in [0.5, 0.6) is 0 Å². The molecule has 122 valence electrons. The first-order valence-corrected chi connectivity index (χ1v) is 8.23. The number of ether oxygens (including phenoxy) is 1. The highest BCUT2D eigenvalue weighted by Gasteiger charge is 2.30. The molecule has 0 aromatic carbocycles. The fourth-order valence-electron chi connectivity index (χ4n) is 3.33. The molecule has 1 unspecified atom stereocenters. The van der Waals surface area contributed by atoms with Crippen LogP contribution in [0, 0.1) is 0 Å². The number of hydrogen-bond donors (Lipinski definition) is 0. The van der Waals surface area contributed by atoms with E-state index in [1.807, 2.05) is 34.1 Å². The van der Waals surface area contributed by atoms with Crippen LogP contribution in [-0.4, -0.2) is 49.6 Å². The van der Waals surface area contributed by atoms with Gasteiger partial charge in [-0.2, -0.15) is 0 Å². The molecular weight excluding hydrogens is 294 g/mol. The highest BCUT2D eigenvalue weighted by Crippen LogP contribution is 2.20. The van der Waals surface area contributed by atoms with Gasteiger partial charge in [-0.3, -0.25) is 4.79 Å². The summed E-state index contributed by atoms with van der Waals surface area (Å²) in [6, 6.07) is 3.99. The molecule has 1 fully saturated rings. The van der Waals surface area contributed by atoms with Gasteiger partial charge in [0.15, 0.2) is 0 Å². The van der Waals surface area contributed by atoms with Gasteiger partial charge in [-0.05, 0) is 31.4 Å². The fraction of sp³-hybridized carbons (Fsp3) is 0.562. The first kappa shape index (κ1) is 14.4. The molecule has 0 saturated carbocycles. The number of rotatable bonds is 3. The summed E-state index contributed by atoms with van der Waals surface area (Å²) < 4.78 is 9.58. The smallest absolute Gasteiger partial charge is 0.252 e. The minimum Gasteiger partial charge on any atom is -0.368 e. The van der Waals surface area contributed by atoms with Crippen molar-refractivity contribution in [1.29, 1.82) is 0 Å². The van der Waals surface area contributed by atoms with Crippen LogP contribution in [0.25, 0.3) is 0 Å². The molecule has 0 aliphatic carbocycles. The van der Waals surface area contributed by atoms with Crippen LogP contribution in [0.1, 0.15) is 30.7 Å². The van der Waals surface area contributed by atoms with E-state index in [2.05, 4.69) is 14.9 Å². The van der Waals surface area contributed by atoms with Crippen LogP contribution in [0.2, 0.25) is 0 Å². The largest absolute Gasteiger partial charge is 0.368 e. The maximum absolute atomic E-state index is 12.7. The van der Waals surface area contributed by atoms with Crippen LogP contribution < -0.4 is 0 Å². The van der Waals surface area contributed by atoms with E-state index < -0.39 is 0 Å². The van der Waals surface area contributed by atoms with Gasteiger partial charge < -0.3 is 14.2 Å². The Kier molecular flexibility index (Phi) is 3.87. The van der Waals surface area contributed by atoms with E-state index >= 15 is 0 Å². The summed E-state index contributed by atoms with van der Waals surface area (Å²) in [5.41, 5.74) is 1.98. The molecule has 0 bridgehead atoms. The second-order valence-electron chi connectivity index (χ2n) is 6.18. The van der Waals surface area contributed by atoms with Crippen molar-refractivity contribution in [3.63, 3.8) is 0 Å². The first-order valence-electron chi connectivity index (χ1n) is 8.23. The lowest BCUT2D eigenvalue weighted by Gasteiger charge is -2.23. The monoisotopic (exact) mass is 315 g/mol. The molecule has 23 heavy (non-hydrogen) atoms. The summed E-state index contributed by atoms with van der Waals surface area (Å²) in [5, 5.41) is 8.60. The third kappa shape index (κ3) is 2.88. The van der Waals surface area contributed by atoms with Gasteiger partial charge in [-0.25, -0.2) is 4.68 Å². The molecule has 0 radical (unpaired) electrons. The van der Waals surface area contributed by atoms with Crippen molar-refractivity contribution in [2.24, 2.45) is 0 Å². The van der Waals surface area contributed by atoms with E-state index in [9.17, 15) is 4.79 Å². The number of hydrogen-bond acceptors (Lipinski definition) is 4. The Morgan fingerprint density at radius 3 is 2.91 bits per heavy atom. The Hall–Kier alpha value is -2.15. The predicted molar refractivity (Wildman–Crippen MR) is 82.6 cm³/mol. The van der Waals surface area contributed by atoms with Crippen LogP contribution in [-0.2, 0) is 29.2 Å². The molecule has 7 nitrogen and oxygen atoms in total. The number of carbonyl (C=O) groups excluding carboxylic acids is 1. The van der Waals surface area contributed by atoms with Gasteiger partial charge in [0.25, 0.3) is 5.91 Å². The standard InChI is InChI=1S/C16H21N5O2/c22-16(15-5-3-10-23-15)20-8-4-9-21-14(12-20)13(17-18-21)11-19-6-1-2-7-19/h1-2,6-7,15H,3-5,8-12H2. The maximum atomic E-state index is 12.7. The molecule has 0 N–H and O–H groups in total. The molecular formula is C16H21N5O2. The number of aromatic nitrogens is 4. The Balaban J connectivity index is 1.55. The van der Waals surface area contributed by atoms with Crippen molar-refractivity contribution in [2.45, 2.75) is 45.0 Å². The Labute approximate surface area is 134 Å². The third-order valence-electron chi connectivity index (χ3n) is 4.57. The molecule has 7 heteroatoms. The molecule has 4 heterocycles. The molecule has 2 aromatic rings. The highest BCUT2D eigenvalue weighted by atomic mass is 16.5. The number of fused-ring (bicyclic) bond motifs is 1. The summed E-state index contributed by atoms with van der Waals surface area (Å²) in [6.07, 6.45) is 6.48. The van der Waals surface area contributed by atoms with Crippen molar-refractivity contribution in [1.82, 2.24) is 24.5 Å². The van der Waals surface area contributed by atoms with Gasteiger partial charge in [0.1, 0.15) is 11.8 Å². The number of aryl methyl sites for hydroxylation is 1. The average Bonchev–Trinajstić information content (AvgIpc) is 3.29. The minimum atomic E-state index is -0.259. The number of nitrogens with zero attached hydrogens (tertiary/aromatic N) is 5. The van der Waals surface area contributed by atoms with E-state index in [1.54, 1.807) is 0 Å². The van der Waals surface area contributed by atoms with Gasteiger partial charge in [0.2, 0.25) is 0 Å². The molecule has 1 amide bonds. The SMILES string of the molecule is O=C(C1CCCO1)N1CCCn2nnc(Cn3cccc3)c2C1. The minimum absolute atomic E-state index is 0.115. The second-order valence-corrected chi connectivity index (χ2v) is 6.18. The van der Waals surface area contributed by atoms with Gasteiger partial charge in [-0.1, -0.05) is 5.21 Å². The van der Waals surface area contributed by atoms with Gasteiger partial charge >= 0.3 is 0 Å². The summed E-state index contributed by atoms with van der Waals surface area (Å²) in [4.78, 5) is 14.6. The quantitative estimate of drug-likeness (QED) is 0.849. The van der Waals surface area contributed by atoms with E-state index in [1.165, 1.54) is 0 Å². The normalized spacial score (nSPS) is 21.2.